The van der Waals surface area contributed by atoms with E-state index in [9.17, 15) is 22.4 Å². The number of hydrogen-bond donors (Lipinski definition) is 1. The van der Waals surface area contributed by atoms with Gasteiger partial charge < -0.3 is 5.11 Å². The lowest BCUT2D eigenvalue weighted by atomic mass is 10.0. The van der Waals surface area contributed by atoms with Crippen molar-refractivity contribution in [2.45, 2.75) is 19.5 Å². The number of nitrogens with zero attached hydrogens (tertiary/aromatic N) is 2. The standard InChI is InChI=1S/C16H12F4N2O2/c1-2-9(15(23)24)7-10-3-4-13(16(18,19)20)22-14(10)11-8-21-6-5-12(11)17/h3-8H,2H2,1H3,(H,23,24). The summed E-state index contributed by atoms with van der Waals surface area (Å²) in [5.41, 5.74) is -1.74. The van der Waals surface area contributed by atoms with Crippen molar-refractivity contribution in [1.29, 1.82) is 0 Å². The Kier molecular flexibility index (Phi) is 4.96. The van der Waals surface area contributed by atoms with Gasteiger partial charge in [0.2, 0.25) is 0 Å². The third-order valence-corrected chi connectivity index (χ3v) is 3.23. The summed E-state index contributed by atoms with van der Waals surface area (Å²) in [5, 5.41) is 9.08. The van der Waals surface area contributed by atoms with E-state index in [1.54, 1.807) is 6.92 Å². The maximum atomic E-state index is 14.0. The molecule has 4 nitrogen and oxygen atoms in total. The van der Waals surface area contributed by atoms with E-state index in [0.29, 0.717) is 0 Å². The first-order chi connectivity index (χ1) is 11.2. The molecule has 0 saturated carbocycles. The van der Waals surface area contributed by atoms with Gasteiger partial charge in [-0.1, -0.05) is 13.0 Å². The third kappa shape index (κ3) is 3.76. The van der Waals surface area contributed by atoms with Crippen molar-refractivity contribution in [3.63, 3.8) is 0 Å². The number of hydrogen-bond acceptors (Lipinski definition) is 3. The van der Waals surface area contributed by atoms with Crippen molar-refractivity contribution in [3.8, 4) is 11.3 Å². The van der Waals surface area contributed by atoms with Gasteiger partial charge in [-0.25, -0.2) is 14.2 Å². The van der Waals surface area contributed by atoms with Gasteiger partial charge in [0, 0.05) is 23.5 Å². The molecule has 24 heavy (non-hydrogen) atoms. The first-order valence-electron chi connectivity index (χ1n) is 6.86. The smallest absolute Gasteiger partial charge is 0.433 e. The molecule has 0 aliphatic heterocycles. The Morgan fingerprint density at radius 1 is 1.29 bits per heavy atom. The van der Waals surface area contributed by atoms with Gasteiger partial charge in [-0.3, -0.25) is 4.98 Å². The van der Waals surface area contributed by atoms with Crippen molar-refractivity contribution >= 4 is 12.0 Å². The Hall–Kier alpha value is -2.77. The van der Waals surface area contributed by atoms with E-state index in [-0.39, 0.29) is 28.8 Å². The Morgan fingerprint density at radius 3 is 2.54 bits per heavy atom. The summed E-state index contributed by atoms with van der Waals surface area (Å²) in [7, 11) is 0. The van der Waals surface area contributed by atoms with Gasteiger partial charge in [0.15, 0.2) is 0 Å². The average Bonchev–Trinajstić information content (AvgIpc) is 2.52. The zero-order chi connectivity index (χ0) is 17.9. The van der Waals surface area contributed by atoms with E-state index in [4.69, 9.17) is 5.11 Å². The molecule has 2 rings (SSSR count). The van der Waals surface area contributed by atoms with Gasteiger partial charge in [0.25, 0.3) is 0 Å². The molecular formula is C16H12F4N2O2. The molecule has 8 heteroatoms. The molecule has 2 aromatic heterocycles. The number of rotatable bonds is 4. The fourth-order valence-corrected chi connectivity index (χ4v) is 2.01. The van der Waals surface area contributed by atoms with Gasteiger partial charge in [-0.15, -0.1) is 0 Å². The maximum Gasteiger partial charge on any atom is 0.433 e. The Morgan fingerprint density at radius 2 is 2.00 bits per heavy atom. The number of alkyl halides is 3. The van der Waals surface area contributed by atoms with Crippen LogP contribution < -0.4 is 0 Å². The van der Waals surface area contributed by atoms with Gasteiger partial charge >= 0.3 is 12.1 Å². The minimum absolute atomic E-state index is 0.0397. The molecule has 2 aromatic rings. The molecule has 0 atom stereocenters. The summed E-state index contributed by atoms with van der Waals surface area (Å²) >= 11 is 0. The van der Waals surface area contributed by atoms with Crippen molar-refractivity contribution in [3.05, 3.63) is 53.2 Å². The Labute approximate surface area is 134 Å². The molecule has 0 unspecified atom stereocenters. The van der Waals surface area contributed by atoms with Gasteiger partial charge in [-0.2, -0.15) is 13.2 Å². The van der Waals surface area contributed by atoms with Gasteiger partial charge in [0.1, 0.15) is 11.5 Å². The van der Waals surface area contributed by atoms with E-state index in [1.165, 1.54) is 6.08 Å². The van der Waals surface area contributed by atoms with Crippen LogP contribution in [0, 0.1) is 5.82 Å². The normalized spacial score (nSPS) is 12.3. The van der Waals surface area contributed by atoms with E-state index in [2.05, 4.69) is 9.97 Å². The van der Waals surface area contributed by atoms with Gasteiger partial charge in [0.05, 0.1) is 11.3 Å². The van der Waals surface area contributed by atoms with Crippen LogP contribution in [0.5, 0.6) is 0 Å². The maximum absolute atomic E-state index is 14.0. The predicted octanol–water partition coefficient (Wildman–Crippen LogP) is 4.18. The van der Waals surface area contributed by atoms with E-state index in [1.807, 2.05) is 0 Å². The minimum Gasteiger partial charge on any atom is -0.478 e. The number of aromatic nitrogens is 2. The average molecular weight is 340 g/mol. The van der Waals surface area contributed by atoms with Crippen molar-refractivity contribution < 1.29 is 27.5 Å². The van der Waals surface area contributed by atoms with Crippen LogP contribution >= 0.6 is 0 Å². The highest BCUT2D eigenvalue weighted by atomic mass is 19.4. The molecule has 0 radical (unpaired) electrons. The van der Waals surface area contributed by atoms with Crippen LogP contribution in [0.3, 0.4) is 0 Å². The number of aliphatic carboxylic acids is 1. The van der Waals surface area contributed by atoms with E-state index < -0.39 is 23.7 Å². The molecule has 0 amide bonds. The fraction of sp³-hybridized carbons (Fsp3) is 0.188. The molecule has 0 saturated heterocycles. The van der Waals surface area contributed by atoms with Crippen LogP contribution in [0.15, 0.2) is 36.2 Å². The summed E-state index contributed by atoms with van der Waals surface area (Å²) < 4.78 is 52.6. The van der Waals surface area contributed by atoms with Crippen molar-refractivity contribution in [2.75, 3.05) is 0 Å². The predicted molar refractivity (Wildman–Crippen MR) is 78.3 cm³/mol. The highest BCUT2D eigenvalue weighted by Crippen LogP contribution is 2.32. The third-order valence-electron chi connectivity index (χ3n) is 3.23. The van der Waals surface area contributed by atoms with Crippen LogP contribution in [0.25, 0.3) is 17.3 Å². The fourth-order valence-electron chi connectivity index (χ4n) is 2.01. The number of carboxylic acids is 1. The largest absolute Gasteiger partial charge is 0.478 e. The first kappa shape index (κ1) is 17.6. The van der Waals surface area contributed by atoms with Crippen molar-refractivity contribution in [2.24, 2.45) is 0 Å². The summed E-state index contributed by atoms with van der Waals surface area (Å²) in [6, 6.07) is 2.78. The molecule has 0 bridgehead atoms. The lowest BCUT2D eigenvalue weighted by Gasteiger charge is -2.12. The summed E-state index contributed by atoms with van der Waals surface area (Å²) in [4.78, 5) is 18.3. The van der Waals surface area contributed by atoms with Crippen molar-refractivity contribution in [1.82, 2.24) is 9.97 Å². The lowest BCUT2D eigenvalue weighted by Crippen LogP contribution is -2.09. The molecule has 126 valence electrons. The van der Waals surface area contributed by atoms with Crippen LogP contribution in [-0.4, -0.2) is 21.0 Å². The molecule has 0 aliphatic rings. The Bertz CT molecular complexity index is 801. The topological polar surface area (TPSA) is 63.1 Å². The van der Waals surface area contributed by atoms with E-state index >= 15 is 0 Å². The number of carbonyl (C=O) groups is 1. The number of carboxylic acid groups (broad SMARTS) is 1. The summed E-state index contributed by atoms with van der Waals surface area (Å²) in [6.45, 7) is 1.59. The SMILES string of the molecule is CCC(=Cc1ccc(C(F)(F)F)nc1-c1cnccc1F)C(=O)O. The number of halogens is 4. The van der Waals surface area contributed by atoms with E-state index in [0.717, 1.165) is 30.6 Å². The minimum atomic E-state index is -4.71. The van der Waals surface area contributed by atoms with Crippen LogP contribution in [0.2, 0.25) is 0 Å². The number of pyridine rings is 2. The zero-order valence-corrected chi connectivity index (χ0v) is 12.4. The lowest BCUT2D eigenvalue weighted by molar-refractivity contribution is -0.141. The quantitative estimate of drug-likeness (QED) is 0.670. The monoisotopic (exact) mass is 340 g/mol. The zero-order valence-electron chi connectivity index (χ0n) is 12.4. The molecule has 1 N–H and O–H groups in total. The Balaban J connectivity index is 2.72. The van der Waals surface area contributed by atoms with Gasteiger partial charge in [-0.05, 0) is 24.6 Å². The van der Waals surface area contributed by atoms with Crippen LogP contribution in [-0.2, 0) is 11.0 Å². The highest BCUT2D eigenvalue weighted by Gasteiger charge is 2.33. The summed E-state index contributed by atoms with van der Waals surface area (Å²) in [6.07, 6.45) is -1.20. The molecule has 0 spiro atoms. The molecule has 0 aromatic carbocycles. The first-order valence-corrected chi connectivity index (χ1v) is 6.86. The second-order valence-corrected chi connectivity index (χ2v) is 4.82. The van der Waals surface area contributed by atoms with Crippen LogP contribution in [0.1, 0.15) is 24.6 Å². The second-order valence-electron chi connectivity index (χ2n) is 4.82. The molecule has 0 aliphatic carbocycles. The molecular weight excluding hydrogens is 328 g/mol. The molecule has 0 fully saturated rings. The summed E-state index contributed by atoms with van der Waals surface area (Å²) in [5.74, 6) is -2.02. The highest BCUT2D eigenvalue weighted by molar-refractivity contribution is 5.93. The molecule has 2 heterocycles. The van der Waals surface area contributed by atoms with Crippen LogP contribution in [0.4, 0.5) is 17.6 Å². The second kappa shape index (κ2) is 6.77.